The quantitative estimate of drug-likeness (QED) is 0.735. The summed E-state index contributed by atoms with van der Waals surface area (Å²) >= 11 is -0.0120. The maximum atomic E-state index is 11.8. The molecule has 0 aromatic carbocycles. The molecule has 1 heterocycles. The standard InChI is InChI=1S/C9H16F3NO2S/c1-14-8(2-4-15-7-8)6-13-3-5-16-9(10,11)12/h13H,2-7H2,1H3. The van der Waals surface area contributed by atoms with E-state index in [-0.39, 0.29) is 23.1 Å². The minimum atomic E-state index is -4.14. The number of hydrogen-bond acceptors (Lipinski definition) is 4. The van der Waals surface area contributed by atoms with Crippen molar-refractivity contribution >= 4 is 11.8 Å². The van der Waals surface area contributed by atoms with Crippen LogP contribution in [-0.2, 0) is 9.47 Å². The molecule has 0 aromatic rings. The third-order valence-electron chi connectivity index (χ3n) is 2.49. The lowest BCUT2D eigenvalue weighted by molar-refractivity contribution is -0.0328. The van der Waals surface area contributed by atoms with E-state index in [0.29, 0.717) is 26.3 Å². The molecule has 1 atom stereocenters. The molecule has 1 aliphatic heterocycles. The lowest BCUT2D eigenvalue weighted by Crippen LogP contribution is -2.43. The van der Waals surface area contributed by atoms with Crippen molar-refractivity contribution in [2.24, 2.45) is 0 Å². The molecule has 0 radical (unpaired) electrons. The van der Waals surface area contributed by atoms with E-state index in [4.69, 9.17) is 9.47 Å². The molecule has 0 saturated carbocycles. The van der Waals surface area contributed by atoms with Crippen LogP contribution in [0.3, 0.4) is 0 Å². The second kappa shape index (κ2) is 6.09. The molecule has 3 nitrogen and oxygen atoms in total. The number of alkyl halides is 3. The van der Waals surface area contributed by atoms with Crippen LogP contribution in [0, 0.1) is 0 Å². The van der Waals surface area contributed by atoms with Gasteiger partial charge in [-0.2, -0.15) is 13.2 Å². The van der Waals surface area contributed by atoms with E-state index in [1.54, 1.807) is 7.11 Å². The van der Waals surface area contributed by atoms with Crippen LogP contribution >= 0.6 is 11.8 Å². The Kier molecular flexibility index (Phi) is 5.36. The van der Waals surface area contributed by atoms with E-state index >= 15 is 0 Å². The highest BCUT2D eigenvalue weighted by molar-refractivity contribution is 8.00. The summed E-state index contributed by atoms with van der Waals surface area (Å²) < 4.78 is 46.0. The molecule has 0 spiro atoms. The first-order chi connectivity index (χ1) is 7.47. The van der Waals surface area contributed by atoms with Gasteiger partial charge in [-0.25, -0.2) is 0 Å². The van der Waals surface area contributed by atoms with Gasteiger partial charge in [-0.3, -0.25) is 0 Å². The first kappa shape index (κ1) is 14.1. The summed E-state index contributed by atoms with van der Waals surface area (Å²) in [6.45, 7) is 1.99. The number of nitrogens with one attached hydrogen (secondary N) is 1. The van der Waals surface area contributed by atoms with Crippen molar-refractivity contribution in [1.29, 1.82) is 0 Å². The van der Waals surface area contributed by atoms with E-state index in [9.17, 15) is 13.2 Å². The van der Waals surface area contributed by atoms with Gasteiger partial charge in [-0.05, 0) is 11.8 Å². The van der Waals surface area contributed by atoms with E-state index in [1.807, 2.05) is 0 Å². The van der Waals surface area contributed by atoms with Crippen molar-refractivity contribution in [3.63, 3.8) is 0 Å². The average molecular weight is 259 g/mol. The van der Waals surface area contributed by atoms with Gasteiger partial charge in [0.2, 0.25) is 0 Å². The largest absolute Gasteiger partial charge is 0.441 e. The van der Waals surface area contributed by atoms with Crippen molar-refractivity contribution < 1.29 is 22.6 Å². The van der Waals surface area contributed by atoms with Crippen LogP contribution in [0.15, 0.2) is 0 Å². The molecular formula is C9H16F3NO2S. The summed E-state index contributed by atoms with van der Waals surface area (Å²) in [5.74, 6) is 0.0180. The monoisotopic (exact) mass is 259 g/mol. The Morgan fingerprint density at radius 1 is 1.50 bits per heavy atom. The number of halogens is 3. The van der Waals surface area contributed by atoms with Gasteiger partial charge < -0.3 is 14.8 Å². The Balaban J connectivity index is 2.10. The van der Waals surface area contributed by atoms with Crippen molar-refractivity contribution in [3.8, 4) is 0 Å². The second-order valence-electron chi connectivity index (χ2n) is 3.66. The fourth-order valence-corrected chi connectivity index (χ4v) is 1.99. The molecule has 1 rings (SSSR count). The van der Waals surface area contributed by atoms with Gasteiger partial charge in [-0.1, -0.05) is 0 Å². The summed E-state index contributed by atoms with van der Waals surface area (Å²) in [4.78, 5) is 0. The molecular weight excluding hydrogens is 243 g/mol. The molecule has 0 aliphatic carbocycles. The second-order valence-corrected chi connectivity index (χ2v) is 4.82. The fourth-order valence-electron chi connectivity index (χ4n) is 1.52. The van der Waals surface area contributed by atoms with Crippen molar-refractivity contribution in [2.75, 3.05) is 39.2 Å². The Hall–Kier alpha value is 0.0200. The summed E-state index contributed by atoms with van der Waals surface area (Å²) in [6.07, 6.45) is 0.781. The minimum absolute atomic E-state index is 0.0120. The van der Waals surface area contributed by atoms with Crippen LogP contribution in [0.4, 0.5) is 13.2 Å². The van der Waals surface area contributed by atoms with Crippen LogP contribution in [-0.4, -0.2) is 50.3 Å². The SMILES string of the molecule is COC1(CNCCSC(F)(F)F)CCOC1. The van der Waals surface area contributed by atoms with Crippen LogP contribution < -0.4 is 5.32 Å². The smallest absolute Gasteiger partial charge is 0.378 e. The zero-order valence-corrected chi connectivity index (χ0v) is 9.92. The molecule has 1 N–H and O–H groups in total. The topological polar surface area (TPSA) is 30.5 Å². The number of methoxy groups -OCH3 is 1. The minimum Gasteiger partial charge on any atom is -0.378 e. The fraction of sp³-hybridized carbons (Fsp3) is 1.00. The predicted molar refractivity (Wildman–Crippen MR) is 56.6 cm³/mol. The summed E-state index contributed by atoms with van der Waals surface area (Å²) in [5.41, 5.74) is -4.50. The lowest BCUT2D eigenvalue weighted by Gasteiger charge is -2.25. The van der Waals surface area contributed by atoms with Crippen LogP contribution in [0.2, 0.25) is 0 Å². The molecule has 0 amide bonds. The van der Waals surface area contributed by atoms with Crippen LogP contribution in [0.5, 0.6) is 0 Å². The Morgan fingerprint density at radius 3 is 2.75 bits per heavy atom. The first-order valence-corrected chi connectivity index (χ1v) is 6.00. The third-order valence-corrected chi connectivity index (χ3v) is 3.23. The van der Waals surface area contributed by atoms with Crippen molar-refractivity contribution in [1.82, 2.24) is 5.32 Å². The Morgan fingerprint density at radius 2 is 2.25 bits per heavy atom. The van der Waals surface area contributed by atoms with Gasteiger partial charge in [0.15, 0.2) is 0 Å². The maximum absolute atomic E-state index is 11.8. The summed E-state index contributed by atoms with van der Waals surface area (Å²) in [6, 6.07) is 0. The number of hydrogen-bond donors (Lipinski definition) is 1. The highest BCUT2D eigenvalue weighted by atomic mass is 32.2. The molecule has 1 fully saturated rings. The molecule has 0 aromatic heterocycles. The highest BCUT2D eigenvalue weighted by Gasteiger charge is 2.34. The molecule has 0 bridgehead atoms. The Bertz CT molecular complexity index is 207. The number of thioether (sulfide) groups is 1. The maximum Gasteiger partial charge on any atom is 0.441 e. The van der Waals surface area contributed by atoms with Crippen LogP contribution in [0.1, 0.15) is 6.42 Å². The van der Waals surface area contributed by atoms with Gasteiger partial charge in [0.05, 0.1) is 6.61 Å². The third kappa shape index (κ3) is 4.90. The zero-order chi connectivity index (χ0) is 12.1. The van der Waals surface area contributed by atoms with E-state index in [2.05, 4.69) is 5.32 Å². The molecule has 1 saturated heterocycles. The van der Waals surface area contributed by atoms with Crippen molar-refractivity contribution in [2.45, 2.75) is 17.5 Å². The predicted octanol–water partition coefficient (Wildman–Crippen LogP) is 1.63. The molecule has 1 aliphatic rings. The van der Waals surface area contributed by atoms with Gasteiger partial charge in [0.1, 0.15) is 5.60 Å². The summed E-state index contributed by atoms with van der Waals surface area (Å²) in [7, 11) is 1.60. The van der Waals surface area contributed by atoms with Crippen LogP contribution in [0.25, 0.3) is 0 Å². The van der Waals surface area contributed by atoms with E-state index in [1.165, 1.54) is 0 Å². The van der Waals surface area contributed by atoms with E-state index < -0.39 is 5.51 Å². The Labute approximate surface area is 97.0 Å². The molecule has 1 unspecified atom stereocenters. The van der Waals surface area contributed by atoms with Crippen molar-refractivity contribution in [3.05, 3.63) is 0 Å². The normalized spacial score (nSPS) is 26.2. The molecule has 16 heavy (non-hydrogen) atoms. The lowest BCUT2D eigenvalue weighted by atomic mass is 10.0. The zero-order valence-electron chi connectivity index (χ0n) is 9.10. The molecule has 96 valence electrons. The number of ether oxygens (including phenoxy) is 2. The van der Waals surface area contributed by atoms with Gasteiger partial charge in [-0.15, -0.1) is 0 Å². The van der Waals surface area contributed by atoms with Gasteiger partial charge in [0, 0.05) is 39.0 Å². The van der Waals surface area contributed by atoms with Gasteiger partial charge in [0.25, 0.3) is 0 Å². The average Bonchev–Trinajstić information content (AvgIpc) is 2.65. The molecule has 7 heteroatoms. The first-order valence-electron chi connectivity index (χ1n) is 5.02. The van der Waals surface area contributed by atoms with E-state index in [0.717, 1.165) is 6.42 Å². The number of rotatable bonds is 6. The highest BCUT2D eigenvalue weighted by Crippen LogP contribution is 2.29. The van der Waals surface area contributed by atoms with Gasteiger partial charge >= 0.3 is 5.51 Å². The summed E-state index contributed by atoms with van der Waals surface area (Å²) in [5, 5.41) is 2.97.